The summed E-state index contributed by atoms with van der Waals surface area (Å²) in [6.45, 7) is 7.75. The zero-order valence-corrected chi connectivity index (χ0v) is 10.7. The molecule has 0 spiro atoms. The van der Waals surface area contributed by atoms with Crippen molar-refractivity contribution in [3.8, 4) is 0 Å². The van der Waals surface area contributed by atoms with Crippen LogP contribution in [0.1, 0.15) is 32.6 Å². The third-order valence-corrected chi connectivity index (χ3v) is 4.59. The molecule has 1 aromatic heterocycles. The van der Waals surface area contributed by atoms with E-state index in [1.807, 2.05) is 12.1 Å². The van der Waals surface area contributed by atoms with Gasteiger partial charge in [-0.2, -0.15) is 0 Å². The fourth-order valence-corrected chi connectivity index (χ4v) is 3.66. The van der Waals surface area contributed by atoms with E-state index >= 15 is 0 Å². The minimum Gasteiger partial charge on any atom is -0.467 e. The van der Waals surface area contributed by atoms with E-state index in [-0.39, 0.29) is 6.10 Å². The van der Waals surface area contributed by atoms with E-state index in [1.165, 1.54) is 5.57 Å². The normalized spacial score (nSPS) is 41.1. The quantitative estimate of drug-likeness (QED) is 0.687. The third-order valence-electron chi connectivity index (χ3n) is 4.59. The van der Waals surface area contributed by atoms with Gasteiger partial charge in [0.05, 0.1) is 12.9 Å². The fourth-order valence-electron chi connectivity index (χ4n) is 3.66. The van der Waals surface area contributed by atoms with E-state index in [0.717, 1.165) is 12.4 Å². The number of hydrogen-bond donors (Lipinski definition) is 0. The summed E-state index contributed by atoms with van der Waals surface area (Å²) < 4.78 is 11.6. The molecule has 1 aliphatic carbocycles. The zero-order chi connectivity index (χ0) is 12.0. The van der Waals surface area contributed by atoms with Gasteiger partial charge in [0, 0.05) is 5.92 Å². The molecule has 0 N–H and O–H groups in total. The van der Waals surface area contributed by atoms with Crippen molar-refractivity contribution >= 4 is 0 Å². The Balaban J connectivity index is 1.97. The molecule has 0 unspecified atom stereocenters. The van der Waals surface area contributed by atoms with Gasteiger partial charge in [0.25, 0.3) is 0 Å². The maximum atomic E-state index is 6.07. The molecule has 1 aromatic rings. The van der Waals surface area contributed by atoms with Crippen molar-refractivity contribution in [1.29, 1.82) is 0 Å². The molecule has 2 aliphatic rings. The van der Waals surface area contributed by atoms with E-state index in [1.54, 1.807) is 6.26 Å². The van der Waals surface area contributed by atoms with E-state index in [2.05, 4.69) is 26.8 Å². The van der Waals surface area contributed by atoms with Crippen molar-refractivity contribution < 1.29 is 9.15 Å². The van der Waals surface area contributed by atoms with Gasteiger partial charge in [-0.15, -0.1) is 0 Å². The number of ether oxygens (including phenoxy) is 1. The smallest absolute Gasteiger partial charge is 0.133 e. The number of furan rings is 1. The molecule has 2 nitrogen and oxygen atoms in total. The molecule has 17 heavy (non-hydrogen) atoms. The summed E-state index contributed by atoms with van der Waals surface area (Å²) in [4.78, 5) is 0. The summed E-state index contributed by atoms with van der Waals surface area (Å²) in [7, 11) is 0. The van der Waals surface area contributed by atoms with Crippen LogP contribution < -0.4 is 0 Å². The molecule has 1 fully saturated rings. The van der Waals surface area contributed by atoms with Gasteiger partial charge in [-0.3, -0.25) is 0 Å². The minimum absolute atomic E-state index is 0.111. The van der Waals surface area contributed by atoms with Gasteiger partial charge < -0.3 is 9.15 Å². The summed E-state index contributed by atoms with van der Waals surface area (Å²) in [5.74, 6) is 3.44. The molecule has 5 atom stereocenters. The van der Waals surface area contributed by atoms with Gasteiger partial charge >= 0.3 is 0 Å². The van der Waals surface area contributed by atoms with Crippen LogP contribution in [0, 0.1) is 23.7 Å². The maximum Gasteiger partial charge on any atom is 0.133 e. The van der Waals surface area contributed by atoms with Gasteiger partial charge in [-0.1, -0.05) is 25.5 Å². The number of rotatable bonds is 1. The average Bonchev–Trinajstić information content (AvgIpc) is 2.78. The van der Waals surface area contributed by atoms with Crippen molar-refractivity contribution in [1.82, 2.24) is 0 Å². The molecule has 2 bridgehead atoms. The van der Waals surface area contributed by atoms with Crippen LogP contribution in [-0.2, 0) is 4.74 Å². The highest BCUT2D eigenvalue weighted by atomic mass is 16.5. The molecular formula is C15H20O2. The Labute approximate surface area is 103 Å². The first-order valence-electron chi connectivity index (χ1n) is 6.52. The number of hydrogen-bond acceptors (Lipinski definition) is 2. The Morgan fingerprint density at radius 3 is 2.82 bits per heavy atom. The van der Waals surface area contributed by atoms with E-state index in [9.17, 15) is 0 Å². The molecule has 0 aromatic carbocycles. The highest BCUT2D eigenvalue weighted by Gasteiger charge is 2.44. The van der Waals surface area contributed by atoms with Crippen LogP contribution in [0.25, 0.3) is 0 Å². The molecule has 0 radical (unpaired) electrons. The van der Waals surface area contributed by atoms with Gasteiger partial charge in [-0.05, 0) is 36.8 Å². The first-order chi connectivity index (χ1) is 8.18. The Morgan fingerprint density at radius 2 is 2.12 bits per heavy atom. The predicted octanol–water partition coefficient (Wildman–Crippen LogP) is 3.82. The van der Waals surface area contributed by atoms with Crippen LogP contribution in [0.4, 0.5) is 0 Å². The Morgan fingerprint density at radius 1 is 1.29 bits per heavy atom. The predicted molar refractivity (Wildman–Crippen MR) is 66.5 cm³/mol. The van der Waals surface area contributed by atoms with Crippen molar-refractivity contribution in [2.75, 3.05) is 6.61 Å². The lowest BCUT2D eigenvalue weighted by Crippen LogP contribution is -2.42. The zero-order valence-electron chi connectivity index (χ0n) is 10.7. The van der Waals surface area contributed by atoms with Crippen molar-refractivity contribution in [2.24, 2.45) is 23.7 Å². The first-order valence-corrected chi connectivity index (χ1v) is 6.52. The topological polar surface area (TPSA) is 22.4 Å². The average molecular weight is 232 g/mol. The monoisotopic (exact) mass is 232 g/mol. The van der Waals surface area contributed by atoms with Crippen LogP contribution in [0.3, 0.4) is 0 Å². The van der Waals surface area contributed by atoms with Gasteiger partial charge in [-0.25, -0.2) is 0 Å². The molecule has 2 heteroatoms. The Hall–Kier alpha value is -1.02. The van der Waals surface area contributed by atoms with Crippen LogP contribution >= 0.6 is 0 Å². The molecule has 1 saturated heterocycles. The number of allylic oxidation sites excluding steroid dienone is 1. The summed E-state index contributed by atoms with van der Waals surface area (Å²) in [6, 6.07) is 3.98. The maximum absolute atomic E-state index is 6.07. The second-order valence-electron chi connectivity index (χ2n) is 5.59. The van der Waals surface area contributed by atoms with E-state index < -0.39 is 0 Å². The number of fused-ring (bicyclic) bond motifs is 2. The lowest BCUT2D eigenvalue weighted by molar-refractivity contribution is -0.101. The molecule has 0 saturated carbocycles. The largest absolute Gasteiger partial charge is 0.467 e. The van der Waals surface area contributed by atoms with Gasteiger partial charge in [0.1, 0.15) is 11.9 Å². The summed E-state index contributed by atoms with van der Waals surface area (Å²) in [5.41, 5.74) is 1.46. The van der Waals surface area contributed by atoms with Gasteiger partial charge in [0.2, 0.25) is 0 Å². The van der Waals surface area contributed by atoms with E-state index in [4.69, 9.17) is 9.15 Å². The molecule has 2 heterocycles. The summed E-state index contributed by atoms with van der Waals surface area (Å²) in [6.07, 6.45) is 4.27. The molecule has 3 rings (SSSR count). The summed E-state index contributed by atoms with van der Waals surface area (Å²) >= 11 is 0. The van der Waals surface area contributed by atoms with E-state index in [0.29, 0.717) is 23.7 Å². The lowest BCUT2D eigenvalue weighted by atomic mass is 9.65. The summed E-state index contributed by atoms with van der Waals surface area (Å²) in [5, 5.41) is 0. The van der Waals surface area contributed by atoms with Crippen molar-refractivity contribution in [3.05, 3.63) is 35.8 Å². The molecule has 0 amide bonds. The molecule has 92 valence electrons. The SMILES string of the molecule is CC1=C[C@@H](C)[C@H]2CO[C@@H](c3ccco3)[C@@H]1[C@H]2C. The lowest BCUT2D eigenvalue weighted by Gasteiger charge is -2.46. The van der Waals surface area contributed by atoms with Crippen molar-refractivity contribution in [2.45, 2.75) is 26.9 Å². The molecule has 1 aliphatic heterocycles. The van der Waals surface area contributed by atoms with Crippen LogP contribution in [-0.4, -0.2) is 6.61 Å². The Kier molecular flexibility index (Phi) is 2.62. The minimum atomic E-state index is 0.111. The van der Waals surface area contributed by atoms with Crippen LogP contribution in [0.5, 0.6) is 0 Å². The molecular weight excluding hydrogens is 212 g/mol. The van der Waals surface area contributed by atoms with Crippen LogP contribution in [0.2, 0.25) is 0 Å². The highest BCUT2D eigenvalue weighted by Crippen LogP contribution is 2.49. The second kappa shape index (κ2) is 4.02. The standard InChI is InChI=1S/C15H20O2/c1-9-7-10(2)14-11(3)12(9)8-17-15(14)13-5-4-6-16-13/h4-7,9,11-12,14-15H,8H2,1-3H3/t9-,11+,12-,14+,15+/m1/s1. The van der Waals surface area contributed by atoms with Crippen LogP contribution in [0.15, 0.2) is 34.5 Å². The highest BCUT2D eigenvalue weighted by molar-refractivity contribution is 5.20. The first kappa shape index (κ1) is 11.1. The second-order valence-corrected chi connectivity index (χ2v) is 5.59. The van der Waals surface area contributed by atoms with Gasteiger partial charge in [0.15, 0.2) is 0 Å². The van der Waals surface area contributed by atoms with Crippen molar-refractivity contribution in [3.63, 3.8) is 0 Å². The Bertz CT molecular complexity index is 418. The third kappa shape index (κ3) is 1.66. The fraction of sp³-hybridized carbons (Fsp3) is 0.600.